The fourth-order valence-electron chi connectivity index (χ4n) is 4.71. The zero-order valence-electron chi connectivity index (χ0n) is 21.8. The van der Waals surface area contributed by atoms with Gasteiger partial charge in [0.05, 0.1) is 24.0 Å². The standard InChI is InChI=1S/C25H28FN9O4S/c1-40(36,37)14-13-38-17-4-5-19(18(26)15-17)33-9-6-32(7-10-33)8-11-34-16-28-21-23(34)30-25(27)35-24(21)29-22(31-35)20-3-2-12-39-20/h2-5,12,15-16H,6-11,13-14H2,1H3,(H2,27,30). The Morgan fingerprint density at radius 3 is 2.65 bits per heavy atom. The van der Waals surface area contributed by atoms with Crippen LogP contribution in [0, 0.1) is 5.82 Å². The number of furan rings is 1. The molecule has 0 radical (unpaired) electrons. The molecule has 210 valence electrons. The molecule has 1 aliphatic rings. The molecule has 1 fully saturated rings. The van der Waals surface area contributed by atoms with Crippen molar-refractivity contribution in [2.24, 2.45) is 0 Å². The highest BCUT2D eigenvalue weighted by Gasteiger charge is 2.21. The Morgan fingerprint density at radius 1 is 1.10 bits per heavy atom. The van der Waals surface area contributed by atoms with E-state index in [0.29, 0.717) is 59.5 Å². The van der Waals surface area contributed by atoms with E-state index in [1.807, 2.05) is 9.47 Å². The second-order valence-corrected chi connectivity index (χ2v) is 11.9. The van der Waals surface area contributed by atoms with E-state index >= 15 is 0 Å². The minimum Gasteiger partial charge on any atom is -0.492 e. The number of nitrogens with two attached hydrogens (primary N) is 1. The predicted molar refractivity (Wildman–Crippen MR) is 146 cm³/mol. The van der Waals surface area contributed by atoms with Gasteiger partial charge in [-0.05, 0) is 24.3 Å². The van der Waals surface area contributed by atoms with Crippen molar-refractivity contribution in [3.8, 4) is 17.3 Å². The summed E-state index contributed by atoms with van der Waals surface area (Å²) in [5, 5.41) is 4.40. The van der Waals surface area contributed by atoms with Crippen LogP contribution in [0.25, 0.3) is 28.4 Å². The summed E-state index contributed by atoms with van der Waals surface area (Å²) in [5.41, 5.74) is 8.43. The summed E-state index contributed by atoms with van der Waals surface area (Å²) in [4.78, 5) is 17.9. The number of benzene rings is 1. The summed E-state index contributed by atoms with van der Waals surface area (Å²) in [5.74, 6) is 0.943. The molecule has 0 aliphatic carbocycles. The van der Waals surface area contributed by atoms with Crippen molar-refractivity contribution in [1.82, 2.24) is 34.0 Å². The Bertz CT molecular complexity index is 1760. The number of hydrogen-bond acceptors (Lipinski definition) is 11. The van der Waals surface area contributed by atoms with Crippen molar-refractivity contribution in [3.63, 3.8) is 0 Å². The fourth-order valence-corrected chi connectivity index (χ4v) is 5.10. The lowest BCUT2D eigenvalue weighted by atomic mass is 10.2. The third-order valence-corrected chi connectivity index (χ3v) is 7.73. The summed E-state index contributed by atoms with van der Waals surface area (Å²) < 4.78 is 51.5. The SMILES string of the molecule is CS(=O)(=O)CCOc1ccc(N2CCN(CCn3cnc4c3nc(N)n3nc(-c5ccco5)nc43)CC2)c(F)c1. The maximum Gasteiger partial charge on any atom is 0.225 e. The summed E-state index contributed by atoms with van der Waals surface area (Å²) in [7, 11) is -3.14. The van der Waals surface area contributed by atoms with Crippen molar-refractivity contribution in [3.05, 3.63) is 48.7 Å². The van der Waals surface area contributed by atoms with Crippen molar-refractivity contribution in [1.29, 1.82) is 0 Å². The molecular weight excluding hydrogens is 541 g/mol. The number of imidazole rings is 1. The molecule has 4 aromatic heterocycles. The lowest BCUT2D eigenvalue weighted by Gasteiger charge is -2.36. The van der Waals surface area contributed by atoms with Crippen molar-refractivity contribution >= 4 is 38.3 Å². The van der Waals surface area contributed by atoms with Gasteiger partial charge in [-0.3, -0.25) is 4.90 Å². The first-order valence-corrected chi connectivity index (χ1v) is 14.8. The molecule has 1 aliphatic heterocycles. The zero-order valence-corrected chi connectivity index (χ0v) is 22.6. The number of hydrogen-bond donors (Lipinski definition) is 1. The van der Waals surface area contributed by atoms with Gasteiger partial charge >= 0.3 is 0 Å². The molecule has 0 amide bonds. The molecule has 13 nitrogen and oxygen atoms in total. The van der Waals surface area contributed by atoms with Crippen molar-refractivity contribution < 1.29 is 22.0 Å². The summed E-state index contributed by atoms with van der Waals surface area (Å²) >= 11 is 0. The Labute approximate surface area is 228 Å². The Morgan fingerprint density at radius 2 is 1.93 bits per heavy atom. The normalized spacial score (nSPS) is 14.9. The maximum absolute atomic E-state index is 14.8. The van der Waals surface area contributed by atoms with Gasteiger partial charge < -0.3 is 24.4 Å². The molecule has 5 heterocycles. The number of ether oxygens (including phenoxy) is 1. The van der Waals surface area contributed by atoms with Crippen molar-refractivity contribution in [2.45, 2.75) is 6.54 Å². The van der Waals surface area contributed by atoms with Gasteiger partial charge in [0.1, 0.15) is 18.2 Å². The highest BCUT2D eigenvalue weighted by molar-refractivity contribution is 7.90. The Hall–Kier alpha value is -4.24. The largest absolute Gasteiger partial charge is 0.492 e. The smallest absolute Gasteiger partial charge is 0.225 e. The molecular formula is C25H28FN9O4S. The third-order valence-electron chi connectivity index (χ3n) is 6.82. The van der Waals surface area contributed by atoms with Crippen LogP contribution in [0.5, 0.6) is 5.75 Å². The van der Waals surface area contributed by atoms with Crippen molar-refractivity contribution in [2.75, 3.05) is 62.0 Å². The molecule has 1 aromatic carbocycles. The van der Waals surface area contributed by atoms with Crippen LogP contribution in [0.2, 0.25) is 0 Å². The lowest BCUT2D eigenvalue weighted by molar-refractivity contribution is 0.248. The minimum absolute atomic E-state index is 0.0134. The number of rotatable bonds is 9. The molecule has 15 heteroatoms. The molecule has 0 unspecified atom stereocenters. The third kappa shape index (κ3) is 5.29. The topological polar surface area (TPSA) is 150 Å². The summed E-state index contributed by atoms with van der Waals surface area (Å²) in [6.45, 7) is 4.23. The average Bonchev–Trinajstić information content (AvgIpc) is 3.67. The molecule has 5 aromatic rings. The first-order valence-electron chi connectivity index (χ1n) is 12.7. The van der Waals surface area contributed by atoms with E-state index < -0.39 is 15.7 Å². The van der Waals surface area contributed by atoms with E-state index in [1.165, 1.54) is 10.6 Å². The molecule has 0 saturated carbocycles. The molecule has 40 heavy (non-hydrogen) atoms. The first kappa shape index (κ1) is 26.0. The molecule has 0 atom stereocenters. The van der Waals surface area contributed by atoms with Gasteiger partial charge in [-0.25, -0.2) is 22.8 Å². The predicted octanol–water partition coefficient (Wildman–Crippen LogP) is 1.70. The van der Waals surface area contributed by atoms with Gasteiger partial charge in [-0.2, -0.15) is 9.50 Å². The van der Waals surface area contributed by atoms with Crippen LogP contribution in [0.4, 0.5) is 16.0 Å². The second-order valence-electron chi connectivity index (χ2n) is 9.65. The number of fused-ring (bicyclic) bond motifs is 3. The van der Waals surface area contributed by atoms with E-state index in [0.717, 1.165) is 25.9 Å². The number of halogens is 1. The van der Waals surface area contributed by atoms with E-state index in [1.54, 1.807) is 36.9 Å². The molecule has 0 bridgehead atoms. The van der Waals surface area contributed by atoms with Gasteiger partial charge in [0, 0.05) is 51.6 Å². The molecule has 1 saturated heterocycles. The monoisotopic (exact) mass is 569 g/mol. The van der Waals surface area contributed by atoms with E-state index in [4.69, 9.17) is 14.9 Å². The van der Waals surface area contributed by atoms with E-state index in [2.05, 4.69) is 25.0 Å². The van der Waals surface area contributed by atoms with E-state index in [-0.39, 0.29) is 18.3 Å². The molecule has 6 rings (SSSR count). The quantitative estimate of drug-likeness (QED) is 0.276. The highest BCUT2D eigenvalue weighted by atomic mass is 32.2. The van der Waals surface area contributed by atoms with E-state index in [9.17, 15) is 12.8 Å². The average molecular weight is 570 g/mol. The minimum atomic E-state index is -3.14. The molecule has 2 N–H and O–H groups in total. The van der Waals surface area contributed by atoms with Crippen LogP contribution in [0.1, 0.15) is 0 Å². The number of piperazine rings is 1. The number of aromatic nitrogens is 6. The fraction of sp³-hybridized carbons (Fsp3) is 0.360. The summed E-state index contributed by atoms with van der Waals surface area (Å²) in [6, 6.07) is 8.19. The van der Waals surface area contributed by atoms with Crippen LogP contribution < -0.4 is 15.4 Å². The van der Waals surface area contributed by atoms with Gasteiger partial charge in [-0.15, -0.1) is 5.10 Å². The highest BCUT2D eigenvalue weighted by Crippen LogP contribution is 2.26. The first-order chi connectivity index (χ1) is 19.2. The number of anilines is 2. The van der Waals surface area contributed by atoms with Crippen LogP contribution in [0.15, 0.2) is 47.3 Å². The number of nitrogen functional groups attached to an aromatic ring is 1. The number of sulfone groups is 1. The van der Waals surface area contributed by atoms with Gasteiger partial charge in [-0.1, -0.05) is 0 Å². The van der Waals surface area contributed by atoms with Gasteiger partial charge in [0.15, 0.2) is 32.4 Å². The van der Waals surface area contributed by atoms with Crippen LogP contribution in [-0.2, 0) is 16.4 Å². The Kier molecular flexibility index (Phi) is 6.75. The van der Waals surface area contributed by atoms with Gasteiger partial charge in [0.25, 0.3) is 0 Å². The maximum atomic E-state index is 14.8. The van der Waals surface area contributed by atoms with Crippen LogP contribution >= 0.6 is 0 Å². The van der Waals surface area contributed by atoms with Crippen LogP contribution in [0.3, 0.4) is 0 Å². The van der Waals surface area contributed by atoms with Crippen LogP contribution in [-0.4, -0.2) is 93.8 Å². The lowest BCUT2D eigenvalue weighted by Crippen LogP contribution is -2.47. The Balaban J connectivity index is 1.07. The van der Waals surface area contributed by atoms with Gasteiger partial charge in [0.2, 0.25) is 11.8 Å². The second kappa shape index (κ2) is 10.4. The zero-order chi connectivity index (χ0) is 27.9. The molecule has 0 spiro atoms. The number of nitrogens with zero attached hydrogens (tertiary/aromatic N) is 8. The summed E-state index contributed by atoms with van der Waals surface area (Å²) in [6.07, 6.45) is 4.42.